The van der Waals surface area contributed by atoms with Crippen LogP contribution in [0.4, 0.5) is 32.0 Å². The standard InChI is InChI=1S/C33H29F6N3O5S3/c34-32(35,36)23-13-21(14-24(16-23)33(37,38)39)22-15-25(49-18-22)17-27-29(44)42(31(48)50-27)7-5-28(43)40-26-4-3-20(30(45)46)12-19(26)2-1-6-41-8-10-47-11-9-41/h3-4,12-18H,1-2,5-11H2,(H,40,43)(H,45,46). The molecular weight excluding hydrogens is 729 g/mol. The minimum absolute atomic E-state index is 0.0597. The van der Waals surface area contributed by atoms with E-state index in [1.807, 2.05) is 0 Å². The van der Waals surface area contributed by atoms with Gasteiger partial charge in [-0.25, -0.2) is 4.79 Å². The number of rotatable bonds is 11. The maximum atomic E-state index is 13.3. The summed E-state index contributed by atoms with van der Waals surface area (Å²) in [6, 6.07) is 7.18. The SMILES string of the molecule is O=C(CCN1C(=O)C(=Cc2cc(-c3cc(C(F)(F)F)cc(C(F)(F)F)c3)cs2)SC1=S)Nc1ccc(C(=O)O)cc1CCCN1CCOCC1. The van der Waals surface area contributed by atoms with Crippen LogP contribution in [0.1, 0.15) is 44.8 Å². The molecule has 2 aliphatic heterocycles. The predicted molar refractivity (Wildman–Crippen MR) is 182 cm³/mol. The number of aryl methyl sites for hydroxylation is 1. The second kappa shape index (κ2) is 15.6. The number of aromatic carboxylic acids is 1. The van der Waals surface area contributed by atoms with Crippen LogP contribution < -0.4 is 5.32 Å². The van der Waals surface area contributed by atoms with Gasteiger partial charge in [0.2, 0.25) is 5.91 Å². The first-order valence-corrected chi connectivity index (χ1v) is 17.3. The van der Waals surface area contributed by atoms with Crippen molar-refractivity contribution < 1.29 is 50.6 Å². The Bertz CT molecular complexity index is 1790. The maximum Gasteiger partial charge on any atom is 0.416 e. The average molecular weight is 758 g/mol. The van der Waals surface area contributed by atoms with Gasteiger partial charge in [-0.05, 0) is 90.0 Å². The first kappa shape index (κ1) is 37.5. The maximum absolute atomic E-state index is 13.3. The summed E-state index contributed by atoms with van der Waals surface area (Å²) in [5, 5.41) is 13.7. The Hall–Kier alpha value is -3.77. The van der Waals surface area contributed by atoms with Crippen molar-refractivity contribution >= 4 is 69.2 Å². The molecule has 0 spiro atoms. The molecule has 0 aliphatic carbocycles. The third-order valence-corrected chi connectivity index (χ3v) is 10.2. The smallest absolute Gasteiger partial charge is 0.416 e. The van der Waals surface area contributed by atoms with E-state index in [0.717, 1.165) is 49.2 Å². The molecule has 2 amide bonds. The van der Waals surface area contributed by atoms with Gasteiger partial charge in [-0.3, -0.25) is 19.4 Å². The quantitative estimate of drug-likeness (QED) is 0.117. The molecule has 3 aromatic rings. The van der Waals surface area contributed by atoms with Gasteiger partial charge in [0.25, 0.3) is 5.91 Å². The van der Waals surface area contributed by atoms with Crippen LogP contribution >= 0.6 is 35.3 Å². The molecule has 0 atom stereocenters. The van der Waals surface area contributed by atoms with Gasteiger partial charge in [0.15, 0.2) is 0 Å². The van der Waals surface area contributed by atoms with Crippen LogP contribution in [0.25, 0.3) is 17.2 Å². The first-order valence-electron chi connectivity index (χ1n) is 15.2. The van der Waals surface area contributed by atoms with E-state index in [9.17, 15) is 45.8 Å². The number of nitrogens with zero attached hydrogens (tertiary/aromatic N) is 2. The Morgan fingerprint density at radius 2 is 1.64 bits per heavy atom. The number of amides is 2. The number of thiocarbonyl (C=S) groups is 1. The van der Waals surface area contributed by atoms with Crippen molar-refractivity contribution in [2.45, 2.75) is 31.6 Å². The highest BCUT2D eigenvalue weighted by Crippen LogP contribution is 2.40. The van der Waals surface area contributed by atoms with E-state index >= 15 is 0 Å². The number of carbonyl (C=O) groups excluding carboxylic acids is 2. The van der Waals surface area contributed by atoms with Crippen LogP contribution in [0, 0.1) is 0 Å². The fraction of sp³-hybridized carbons (Fsp3) is 0.333. The molecule has 8 nitrogen and oxygen atoms in total. The topological polar surface area (TPSA) is 99.2 Å². The number of carboxylic acids is 1. The van der Waals surface area contributed by atoms with Gasteiger partial charge >= 0.3 is 18.3 Å². The van der Waals surface area contributed by atoms with E-state index in [1.165, 1.54) is 40.6 Å². The average Bonchev–Trinajstić information content (AvgIpc) is 3.63. The lowest BCUT2D eigenvalue weighted by molar-refractivity contribution is -0.143. The fourth-order valence-corrected chi connectivity index (χ4v) is 7.55. The number of thioether (sulfide) groups is 1. The molecule has 2 aromatic carbocycles. The molecule has 2 N–H and O–H groups in total. The molecule has 0 saturated carbocycles. The lowest BCUT2D eigenvalue weighted by Crippen LogP contribution is -2.37. The molecule has 2 fully saturated rings. The number of hydrogen-bond acceptors (Lipinski definition) is 8. The van der Waals surface area contributed by atoms with Gasteiger partial charge in [0, 0.05) is 36.6 Å². The minimum atomic E-state index is -4.99. The summed E-state index contributed by atoms with van der Waals surface area (Å²) in [6.07, 6.45) is -7.41. The number of hydrogen-bond donors (Lipinski definition) is 2. The molecule has 2 aliphatic rings. The van der Waals surface area contributed by atoms with Crippen LogP contribution in [0.2, 0.25) is 0 Å². The Labute approximate surface area is 296 Å². The van der Waals surface area contributed by atoms with Crippen molar-refractivity contribution in [1.29, 1.82) is 0 Å². The molecule has 3 heterocycles. The number of halogens is 6. The zero-order valence-corrected chi connectivity index (χ0v) is 28.5. The van der Waals surface area contributed by atoms with Crippen molar-refractivity contribution in [2.75, 3.05) is 44.7 Å². The third kappa shape index (κ3) is 9.51. The van der Waals surface area contributed by atoms with Crippen LogP contribution in [0.5, 0.6) is 0 Å². The van der Waals surface area contributed by atoms with E-state index in [-0.39, 0.29) is 44.9 Å². The van der Waals surface area contributed by atoms with E-state index in [4.69, 9.17) is 17.0 Å². The van der Waals surface area contributed by atoms with Gasteiger partial charge in [0.1, 0.15) is 4.32 Å². The normalized spacial score (nSPS) is 16.8. The minimum Gasteiger partial charge on any atom is -0.478 e. The molecule has 50 heavy (non-hydrogen) atoms. The number of carbonyl (C=O) groups is 3. The summed E-state index contributed by atoms with van der Waals surface area (Å²) >= 11 is 7.33. The van der Waals surface area contributed by atoms with Crippen molar-refractivity contribution in [1.82, 2.24) is 9.80 Å². The number of ether oxygens (including phenoxy) is 1. The summed E-state index contributed by atoms with van der Waals surface area (Å²) in [5.41, 5.74) is -1.82. The molecule has 2 saturated heterocycles. The van der Waals surface area contributed by atoms with Crippen LogP contribution in [0.3, 0.4) is 0 Å². The van der Waals surface area contributed by atoms with E-state index in [0.29, 0.717) is 47.9 Å². The lowest BCUT2D eigenvalue weighted by Gasteiger charge is -2.26. The molecule has 0 bridgehead atoms. The Balaban J connectivity index is 1.22. The second-order valence-electron chi connectivity index (χ2n) is 11.4. The third-order valence-electron chi connectivity index (χ3n) is 7.90. The van der Waals surface area contributed by atoms with Gasteiger partial charge in [-0.1, -0.05) is 24.0 Å². The largest absolute Gasteiger partial charge is 0.478 e. The van der Waals surface area contributed by atoms with Crippen molar-refractivity contribution in [2.24, 2.45) is 0 Å². The Kier molecular flexibility index (Phi) is 11.7. The predicted octanol–water partition coefficient (Wildman–Crippen LogP) is 7.65. The number of alkyl halides is 6. The Morgan fingerprint density at radius 3 is 2.28 bits per heavy atom. The first-order chi connectivity index (χ1) is 23.6. The zero-order chi connectivity index (χ0) is 36.2. The number of nitrogens with one attached hydrogen (secondary N) is 1. The fourth-order valence-electron chi connectivity index (χ4n) is 5.32. The molecule has 17 heteroatoms. The van der Waals surface area contributed by atoms with E-state index < -0.39 is 41.3 Å². The molecule has 1 aromatic heterocycles. The van der Waals surface area contributed by atoms with Gasteiger partial charge in [0.05, 0.1) is 34.8 Å². The zero-order valence-electron chi connectivity index (χ0n) is 26.0. The number of anilines is 1. The van der Waals surface area contributed by atoms with Gasteiger partial charge in [-0.15, -0.1) is 11.3 Å². The number of carboxylic acid groups (broad SMARTS) is 1. The summed E-state index contributed by atoms with van der Waals surface area (Å²) < 4.78 is 85.6. The lowest BCUT2D eigenvalue weighted by atomic mass is 10.0. The molecule has 0 unspecified atom stereocenters. The molecule has 0 radical (unpaired) electrons. The molecular formula is C33H29F6N3O5S3. The second-order valence-corrected chi connectivity index (χ2v) is 14.0. The number of thiophene rings is 1. The van der Waals surface area contributed by atoms with E-state index in [1.54, 1.807) is 0 Å². The van der Waals surface area contributed by atoms with Crippen molar-refractivity contribution in [3.8, 4) is 11.1 Å². The Morgan fingerprint density at radius 1 is 0.960 bits per heavy atom. The highest BCUT2D eigenvalue weighted by Gasteiger charge is 2.37. The summed E-state index contributed by atoms with van der Waals surface area (Å²) in [5.74, 6) is -2.02. The highest BCUT2D eigenvalue weighted by molar-refractivity contribution is 8.26. The van der Waals surface area contributed by atoms with Crippen LogP contribution in [-0.2, 0) is 33.1 Å². The van der Waals surface area contributed by atoms with Crippen LogP contribution in [-0.4, -0.2) is 76.4 Å². The molecule has 5 rings (SSSR count). The summed E-state index contributed by atoms with van der Waals surface area (Å²) in [4.78, 5) is 41.8. The van der Waals surface area contributed by atoms with E-state index in [2.05, 4.69) is 10.2 Å². The van der Waals surface area contributed by atoms with Crippen molar-refractivity contribution in [3.63, 3.8) is 0 Å². The van der Waals surface area contributed by atoms with Gasteiger partial charge < -0.3 is 15.2 Å². The van der Waals surface area contributed by atoms with Gasteiger partial charge in [-0.2, -0.15) is 26.3 Å². The summed E-state index contributed by atoms with van der Waals surface area (Å²) in [7, 11) is 0. The van der Waals surface area contributed by atoms with Crippen molar-refractivity contribution in [3.05, 3.63) is 79.9 Å². The molecule has 266 valence electrons. The number of morpholine rings is 1. The summed E-state index contributed by atoms with van der Waals surface area (Å²) in [6.45, 7) is 3.65. The monoisotopic (exact) mass is 757 g/mol. The highest BCUT2D eigenvalue weighted by atomic mass is 32.2. The van der Waals surface area contributed by atoms with Crippen LogP contribution in [0.15, 0.2) is 52.7 Å². The number of benzene rings is 2.